The maximum Gasteiger partial charge on any atom is 0.327 e. The molecule has 20 heavy (non-hydrogen) atoms. The van der Waals surface area contributed by atoms with E-state index in [1.807, 2.05) is 19.1 Å². The molecule has 0 bridgehead atoms. The Morgan fingerprint density at radius 3 is 2.90 bits per heavy atom. The van der Waals surface area contributed by atoms with Crippen LogP contribution in [0.1, 0.15) is 11.1 Å². The largest absolute Gasteiger partial charge is 0.480 e. The first-order valence-electron chi connectivity index (χ1n) is 6.04. The molecule has 1 saturated heterocycles. The highest BCUT2D eigenvalue weighted by molar-refractivity contribution is 7.99. The molecule has 0 aliphatic carbocycles. The monoisotopic (exact) mass is 311 g/mol. The lowest BCUT2D eigenvalue weighted by atomic mass is 10.1. The number of hydrogen-bond donors (Lipinski definition) is 1. The molecule has 1 unspecified atom stereocenters. The van der Waals surface area contributed by atoms with Crippen molar-refractivity contribution in [3.05, 3.63) is 40.4 Å². The van der Waals surface area contributed by atoms with Gasteiger partial charge in [0.25, 0.3) is 0 Å². The number of hydrogen-bond acceptors (Lipinski definition) is 3. The number of carbonyl (C=O) groups is 2. The van der Waals surface area contributed by atoms with Crippen molar-refractivity contribution in [3.8, 4) is 0 Å². The number of nitrogens with zero attached hydrogens (tertiary/aromatic N) is 1. The van der Waals surface area contributed by atoms with Gasteiger partial charge in [-0.3, -0.25) is 4.79 Å². The maximum atomic E-state index is 12.0. The summed E-state index contributed by atoms with van der Waals surface area (Å²) in [5.74, 6) is -0.408. The third-order valence-corrected chi connectivity index (χ3v) is 4.48. The van der Waals surface area contributed by atoms with Crippen molar-refractivity contribution < 1.29 is 14.7 Å². The van der Waals surface area contributed by atoms with Gasteiger partial charge in [-0.1, -0.05) is 23.7 Å². The molecule has 6 heteroatoms. The van der Waals surface area contributed by atoms with Gasteiger partial charge in [0.05, 0.1) is 5.88 Å². The Labute approximate surface area is 126 Å². The first-order chi connectivity index (χ1) is 9.49. The normalized spacial score (nSPS) is 18.7. The zero-order valence-corrected chi connectivity index (χ0v) is 12.4. The summed E-state index contributed by atoms with van der Waals surface area (Å²) in [7, 11) is 0. The van der Waals surface area contributed by atoms with Crippen molar-refractivity contribution in [2.24, 2.45) is 0 Å². The average molecular weight is 312 g/mol. The number of carboxylic acids is 1. The summed E-state index contributed by atoms with van der Waals surface area (Å²) in [4.78, 5) is 24.4. The summed E-state index contributed by atoms with van der Waals surface area (Å²) in [6.45, 7) is 1.90. The molecule has 1 N–H and O–H groups in total. The van der Waals surface area contributed by atoms with Gasteiger partial charge in [0.15, 0.2) is 0 Å². The number of carbonyl (C=O) groups excluding carboxylic acids is 1. The summed E-state index contributed by atoms with van der Waals surface area (Å²) >= 11 is 7.45. The Hall–Kier alpha value is -1.46. The van der Waals surface area contributed by atoms with E-state index < -0.39 is 12.0 Å². The summed E-state index contributed by atoms with van der Waals surface area (Å²) in [5, 5.41) is 9.67. The van der Waals surface area contributed by atoms with E-state index in [2.05, 4.69) is 0 Å². The quantitative estimate of drug-likeness (QED) is 0.872. The van der Waals surface area contributed by atoms with Crippen LogP contribution in [0.15, 0.2) is 24.3 Å². The predicted molar refractivity (Wildman–Crippen MR) is 80.8 cm³/mol. The summed E-state index contributed by atoms with van der Waals surface area (Å²) < 4.78 is 0. The molecule has 0 spiro atoms. The molecule has 0 saturated carbocycles. The number of thioether (sulfide) groups is 1. The predicted octanol–water partition coefficient (Wildman–Crippen LogP) is 2.65. The molecular weight excluding hydrogens is 298 g/mol. The fourth-order valence-corrected chi connectivity index (χ4v) is 3.18. The van der Waals surface area contributed by atoms with Crippen LogP contribution in [0, 0.1) is 6.92 Å². The first kappa shape index (κ1) is 14.9. The molecule has 1 heterocycles. The molecule has 1 fully saturated rings. The molecule has 4 nitrogen and oxygen atoms in total. The molecule has 106 valence electrons. The molecular formula is C14H14ClNO3S. The minimum atomic E-state index is -0.963. The molecule has 1 aliphatic rings. The first-order valence-corrected chi connectivity index (χ1v) is 7.57. The summed E-state index contributed by atoms with van der Waals surface area (Å²) in [6.07, 6.45) is 3.04. The van der Waals surface area contributed by atoms with Gasteiger partial charge in [0.2, 0.25) is 5.91 Å². The van der Waals surface area contributed by atoms with E-state index in [9.17, 15) is 9.59 Å². The second kappa shape index (κ2) is 6.33. The standard InChI is InChI=1S/C14H14ClNO3S/c1-9-2-3-10(6-11(9)15)4-5-13(17)16-8-20-7-12(16)14(18)19/h2-6,12H,7-8H2,1H3,(H,18,19)/b5-4+. The highest BCUT2D eigenvalue weighted by Gasteiger charge is 2.33. The maximum absolute atomic E-state index is 12.0. The van der Waals surface area contributed by atoms with Crippen LogP contribution >= 0.6 is 23.4 Å². The Kier molecular flexibility index (Phi) is 4.73. The van der Waals surface area contributed by atoms with Gasteiger partial charge in [-0.05, 0) is 30.2 Å². The Morgan fingerprint density at radius 1 is 1.50 bits per heavy atom. The van der Waals surface area contributed by atoms with E-state index in [4.69, 9.17) is 16.7 Å². The second-order valence-corrected chi connectivity index (χ2v) is 5.91. The number of rotatable bonds is 3. The third kappa shape index (κ3) is 3.35. The van der Waals surface area contributed by atoms with Crippen molar-refractivity contribution in [1.82, 2.24) is 4.90 Å². The zero-order chi connectivity index (χ0) is 14.7. The van der Waals surface area contributed by atoms with E-state index in [-0.39, 0.29) is 5.91 Å². The third-order valence-electron chi connectivity index (χ3n) is 3.06. The van der Waals surface area contributed by atoms with Crippen LogP contribution in [-0.2, 0) is 9.59 Å². The van der Waals surface area contributed by atoms with Crippen molar-refractivity contribution in [2.45, 2.75) is 13.0 Å². The Balaban J connectivity index is 2.08. The molecule has 0 aromatic heterocycles. The fourth-order valence-electron chi connectivity index (χ4n) is 1.84. The molecule has 1 aliphatic heterocycles. The van der Waals surface area contributed by atoms with Crippen LogP contribution in [0.2, 0.25) is 5.02 Å². The minimum absolute atomic E-state index is 0.293. The van der Waals surface area contributed by atoms with Crippen molar-refractivity contribution in [3.63, 3.8) is 0 Å². The van der Waals surface area contributed by atoms with Gasteiger partial charge in [0, 0.05) is 16.9 Å². The van der Waals surface area contributed by atoms with E-state index >= 15 is 0 Å². The number of halogens is 1. The number of aryl methyl sites for hydroxylation is 1. The lowest BCUT2D eigenvalue weighted by Crippen LogP contribution is -2.40. The van der Waals surface area contributed by atoms with Gasteiger partial charge < -0.3 is 10.0 Å². The lowest BCUT2D eigenvalue weighted by Gasteiger charge is -2.18. The number of carboxylic acid groups (broad SMARTS) is 1. The van der Waals surface area contributed by atoms with Crippen LogP contribution in [-0.4, -0.2) is 39.6 Å². The number of amides is 1. The summed E-state index contributed by atoms with van der Waals surface area (Å²) in [6, 6.07) is 4.77. The van der Waals surface area contributed by atoms with Crippen molar-refractivity contribution >= 4 is 41.3 Å². The molecule has 2 rings (SSSR count). The molecule has 1 aromatic carbocycles. The van der Waals surface area contributed by atoms with Gasteiger partial charge in [-0.25, -0.2) is 4.79 Å². The van der Waals surface area contributed by atoms with Crippen LogP contribution in [0.25, 0.3) is 6.08 Å². The van der Waals surface area contributed by atoms with E-state index in [1.54, 1.807) is 12.1 Å². The van der Waals surface area contributed by atoms with E-state index in [0.29, 0.717) is 16.7 Å². The minimum Gasteiger partial charge on any atom is -0.480 e. The topological polar surface area (TPSA) is 57.6 Å². The van der Waals surface area contributed by atoms with Gasteiger partial charge >= 0.3 is 5.97 Å². The number of aliphatic carboxylic acids is 1. The fraction of sp³-hybridized carbons (Fsp3) is 0.286. The van der Waals surface area contributed by atoms with Crippen molar-refractivity contribution in [2.75, 3.05) is 11.6 Å². The van der Waals surface area contributed by atoms with Crippen LogP contribution in [0.3, 0.4) is 0 Å². The smallest absolute Gasteiger partial charge is 0.327 e. The van der Waals surface area contributed by atoms with Gasteiger partial charge in [0.1, 0.15) is 6.04 Å². The number of benzene rings is 1. The molecule has 0 radical (unpaired) electrons. The van der Waals surface area contributed by atoms with E-state index in [0.717, 1.165) is 11.1 Å². The molecule has 1 atom stereocenters. The Bertz CT molecular complexity index is 574. The van der Waals surface area contributed by atoms with Gasteiger partial charge in [-0.2, -0.15) is 0 Å². The zero-order valence-electron chi connectivity index (χ0n) is 10.9. The highest BCUT2D eigenvalue weighted by Crippen LogP contribution is 2.22. The lowest BCUT2D eigenvalue weighted by molar-refractivity contribution is -0.146. The van der Waals surface area contributed by atoms with Gasteiger partial charge in [-0.15, -0.1) is 11.8 Å². The Morgan fingerprint density at radius 2 is 2.25 bits per heavy atom. The van der Waals surface area contributed by atoms with Crippen LogP contribution in [0.4, 0.5) is 0 Å². The highest BCUT2D eigenvalue weighted by atomic mass is 35.5. The second-order valence-electron chi connectivity index (χ2n) is 4.50. The van der Waals surface area contributed by atoms with Crippen LogP contribution < -0.4 is 0 Å². The van der Waals surface area contributed by atoms with Crippen LogP contribution in [0.5, 0.6) is 0 Å². The average Bonchev–Trinajstić information content (AvgIpc) is 2.89. The SMILES string of the molecule is Cc1ccc(/C=C/C(=O)N2CSCC2C(=O)O)cc1Cl. The summed E-state index contributed by atoms with van der Waals surface area (Å²) in [5.41, 5.74) is 1.78. The molecule has 1 aromatic rings. The van der Waals surface area contributed by atoms with Crippen molar-refractivity contribution in [1.29, 1.82) is 0 Å². The van der Waals surface area contributed by atoms with E-state index in [1.165, 1.54) is 22.7 Å². The molecule has 1 amide bonds.